The van der Waals surface area contributed by atoms with E-state index in [0.717, 1.165) is 19.4 Å². The summed E-state index contributed by atoms with van der Waals surface area (Å²) >= 11 is 1.64. The molecule has 0 amide bonds. The number of aryl methyl sites for hydroxylation is 1. The van der Waals surface area contributed by atoms with E-state index in [9.17, 15) is 0 Å². The molecule has 1 heterocycles. The molecule has 2 N–H and O–H groups in total. The average molecular weight is 142 g/mol. The Balaban J connectivity index is 2.30. The molecule has 0 aliphatic rings. The Morgan fingerprint density at radius 2 is 2.56 bits per heavy atom. The second-order valence-electron chi connectivity index (χ2n) is 1.87. The van der Waals surface area contributed by atoms with Gasteiger partial charge in [-0.05, 0) is 19.4 Å². The van der Waals surface area contributed by atoms with Crippen LogP contribution < -0.4 is 5.73 Å². The van der Waals surface area contributed by atoms with Crippen molar-refractivity contribution in [1.29, 1.82) is 0 Å². The van der Waals surface area contributed by atoms with Crippen LogP contribution in [-0.2, 0) is 6.42 Å². The van der Waals surface area contributed by atoms with Crippen molar-refractivity contribution in [3.63, 3.8) is 0 Å². The van der Waals surface area contributed by atoms with Crippen LogP contribution in [0.1, 0.15) is 12.1 Å². The van der Waals surface area contributed by atoms with Crippen LogP contribution in [0.25, 0.3) is 0 Å². The molecular formula is C6H10N2S. The lowest BCUT2D eigenvalue weighted by Gasteiger charge is -1.89. The zero-order chi connectivity index (χ0) is 6.53. The van der Waals surface area contributed by atoms with Gasteiger partial charge in [-0.2, -0.15) is 0 Å². The normalized spacial score (nSPS) is 9.89. The maximum atomic E-state index is 5.32. The standard InChI is InChI=1S/C6H10N2S/c7-3-1-2-6-4-9-5-8-6/h4-5H,1-3,7H2. The predicted molar refractivity (Wildman–Crippen MR) is 39.5 cm³/mol. The fourth-order valence-corrected chi connectivity index (χ4v) is 1.24. The zero-order valence-electron chi connectivity index (χ0n) is 5.21. The fourth-order valence-electron chi connectivity index (χ4n) is 0.644. The van der Waals surface area contributed by atoms with E-state index in [-0.39, 0.29) is 0 Å². The highest BCUT2D eigenvalue weighted by Gasteiger charge is 1.90. The van der Waals surface area contributed by atoms with Gasteiger partial charge in [-0.3, -0.25) is 0 Å². The Morgan fingerprint density at radius 3 is 3.11 bits per heavy atom. The van der Waals surface area contributed by atoms with Crippen LogP contribution in [0, 0.1) is 0 Å². The van der Waals surface area contributed by atoms with Crippen molar-refractivity contribution in [2.45, 2.75) is 12.8 Å². The van der Waals surface area contributed by atoms with E-state index in [1.54, 1.807) is 11.3 Å². The largest absolute Gasteiger partial charge is 0.330 e. The molecule has 0 spiro atoms. The van der Waals surface area contributed by atoms with Gasteiger partial charge in [0, 0.05) is 5.38 Å². The van der Waals surface area contributed by atoms with E-state index in [1.807, 2.05) is 5.51 Å². The van der Waals surface area contributed by atoms with E-state index >= 15 is 0 Å². The third-order valence-electron chi connectivity index (χ3n) is 1.12. The first kappa shape index (κ1) is 6.71. The third-order valence-corrected chi connectivity index (χ3v) is 1.76. The summed E-state index contributed by atoms with van der Waals surface area (Å²) in [6, 6.07) is 0. The summed E-state index contributed by atoms with van der Waals surface area (Å²) in [7, 11) is 0. The Labute approximate surface area is 58.7 Å². The first-order valence-electron chi connectivity index (χ1n) is 3.00. The fraction of sp³-hybridized carbons (Fsp3) is 0.500. The molecule has 0 saturated heterocycles. The Kier molecular flexibility index (Phi) is 2.67. The van der Waals surface area contributed by atoms with E-state index < -0.39 is 0 Å². The van der Waals surface area contributed by atoms with Crippen molar-refractivity contribution >= 4 is 11.3 Å². The number of rotatable bonds is 3. The van der Waals surface area contributed by atoms with Crippen molar-refractivity contribution in [2.24, 2.45) is 5.73 Å². The summed E-state index contributed by atoms with van der Waals surface area (Å²) in [5.74, 6) is 0. The van der Waals surface area contributed by atoms with Crippen LogP contribution in [0.2, 0.25) is 0 Å². The van der Waals surface area contributed by atoms with Crippen molar-refractivity contribution in [3.05, 3.63) is 16.6 Å². The summed E-state index contributed by atoms with van der Waals surface area (Å²) in [6.07, 6.45) is 2.07. The van der Waals surface area contributed by atoms with E-state index in [2.05, 4.69) is 10.4 Å². The lowest BCUT2D eigenvalue weighted by molar-refractivity contribution is 0.816. The van der Waals surface area contributed by atoms with E-state index in [0.29, 0.717) is 0 Å². The lowest BCUT2D eigenvalue weighted by Crippen LogP contribution is -2.00. The molecular weight excluding hydrogens is 132 g/mol. The van der Waals surface area contributed by atoms with Gasteiger partial charge in [0.1, 0.15) is 0 Å². The Morgan fingerprint density at radius 1 is 1.67 bits per heavy atom. The van der Waals surface area contributed by atoms with Gasteiger partial charge in [-0.25, -0.2) is 4.98 Å². The zero-order valence-corrected chi connectivity index (χ0v) is 6.03. The first-order valence-corrected chi connectivity index (χ1v) is 3.95. The van der Waals surface area contributed by atoms with Crippen LogP contribution in [0.3, 0.4) is 0 Å². The highest BCUT2D eigenvalue weighted by Crippen LogP contribution is 2.02. The first-order chi connectivity index (χ1) is 4.43. The minimum absolute atomic E-state index is 0.761. The highest BCUT2D eigenvalue weighted by molar-refractivity contribution is 7.07. The smallest absolute Gasteiger partial charge is 0.0794 e. The van der Waals surface area contributed by atoms with Gasteiger partial charge in [-0.15, -0.1) is 11.3 Å². The average Bonchev–Trinajstić information content (AvgIpc) is 2.34. The molecule has 2 nitrogen and oxygen atoms in total. The number of nitrogens with zero attached hydrogens (tertiary/aromatic N) is 1. The van der Waals surface area contributed by atoms with Gasteiger partial charge in [0.25, 0.3) is 0 Å². The van der Waals surface area contributed by atoms with Crippen LogP contribution in [-0.4, -0.2) is 11.5 Å². The molecule has 3 heteroatoms. The quantitative estimate of drug-likeness (QED) is 0.684. The number of nitrogens with two attached hydrogens (primary N) is 1. The van der Waals surface area contributed by atoms with Gasteiger partial charge in [0.05, 0.1) is 11.2 Å². The maximum absolute atomic E-state index is 5.32. The monoisotopic (exact) mass is 142 g/mol. The summed E-state index contributed by atoms with van der Waals surface area (Å²) < 4.78 is 0. The Bertz CT molecular complexity index is 148. The van der Waals surface area contributed by atoms with Crippen LogP contribution in [0.4, 0.5) is 0 Å². The molecule has 1 aromatic heterocycles. The maximum Gasteiger partial charge on any atom is 0.0794 e. The van der Waals surface area contributed by atoms with Gasteiger partial charge >= 0.3 is 0 Å². The minimum Gasteiger partial charge on any atom is -0.330 e. The lowest BCUT2D eigenvalue weighted by atomic mass is 10.3. The molecule has 1 aromatic rings. The van der Waals surface area contributed by atoms with Crippen molar-refractivity contribution in [1.82, 2.24) is 4.98 Å². The molecule has 0 atom stereocenters. The van der Waals surface area contributed by atoms with Gasteiger partial charge in [0.15, 0.2) is 0 Å². The highest BCUT2D eigenvalue weighted by atomic mass is 32.1. The summed E-state index contributed by atoms with van der Waals surface area (Å²) in [4.78, 5) is 4.12. The second-order valence-corrected chi connectivity index (χ2v) is 2.59. The van der Waals surface area contributed by atoms with Crippen molar-refractivity contribution in [3.8, 4) is 0 Å². The molecule has 0 radical (unpaired) electrons. The third kappa shape index (κ3) is 2.11. The number of hydrogen-bond donors (Lipinski definition) is 1. The minimum atomic E-state index is 0.761. The second kappa shape index (κ2) is 3.58. The predicted octanol–water partition coefficient (Wildman–Crippen LogP) is 1.03. The summed E-state index contributed by atoms with van der Waals surface area (Å²) in [5, 5.41) is 2.07. The van der Waals surface area contributed by atoms with Crippen LogP contribution in [0.15, 0.2) is 10.9 Å². The molecule has 9 heavy (non-hydrogen) atoms. The van der Waals surface area contributed by atoms with E-state index in [4.69, 9.17) is 5.73 Å². The number of aromatic nitrogens is 1. The molecule has 0 saturated carbocycles. The molecule has 0 aliphatic heterocycles. The van der Waals surface area contributed by atoms with Crippen LogP contribution in [0.5, 0.6) is 0 Å². The topological polar surface area (TPSA) is 38.9 Å². The SMILES string of the molecule is NCCCc1cscn1. The van der Waals surface area contributed by atoms with Gasteiger partial charge < -0.3 is 5.73 Å². The van der Waals surface area contributed by atoms with E-state index in [1.165, 1.54) is 5.69 Å². The van der Waals surface area contributed by atoms with Crippen molar-refractivity contribution in [2.75, 3.05) is 6.54 Å². The van der Waals surface area contributed by atoms with Gasteiger partial charge in [0.2, 0.25) is 0 Å². The molecule has 50 valence electrons. The Hall–Kier alpha value is -0.410. The molecule has 0 fully saturated rings. The number of hydrogen-bond acceptors (Lipinski definition) is 3. The summed E-state index contributed by atoms with van der Waals surface area (Å²) in [6.45, 7) is 0.761. The van der Waals surface area contributed by atoms with Gasteiger partial charge in [-0.1, -0.05) is 0 Å². The van der Waals surface area contributed by atoms with Crippen LogP contribution >= 0.6 is 11.3 Å². The molecule has 0 unspecified atom stereocenters. The molecule has 1 rings (SSSR count). The molecule has 0 aliphatic carbocycles. The molecule has 0 bridgehead atoms. The van der Waals surface area contributed by atoms with Crippen molar-refractivity contribution < 1.29 is 0 Å². The summed E-state index contributed by atoms with van der Waals surface area (Å²) in [5.41, 5.74) is 8.35. The molecule has 0 aromatic carbocycles. The number of thiazole rings is 1.